The standard InChI is InChI=1S/C19H18N2O4/c1-25-15-8-6-14(7-9-15)20-17(22)10-11-21-18(23)12-13-4-2-3-5-16(13)19(21)24/h2-9H,10-12H2,1H3,(H,20,22). The molecule has 6 heteroatoms. The molecule has 3 rings (SSSR count). The number of anilines is 1. The Morgan fingerprint density at radius 3 is 2.56 bits per heavy atom. The first-order valence-corrected chi connectivity index (χ1v) is 7.95. The van der Waals surface area contributed by atoms with Crippen molar-refractivity contribution in [3.8, 4) is 5.75 Å². The van der Waals surface area contributed by atoms with Crippen molar-refractivity contribution in [1.29, 1.82) is 0 Å². The monoisotopic (exact) mass is 338 g/mol. The number of amides is 3. The van der Waals surface area contributed by atoms with Crippen LogP contribution in [0.15, 0.2) is 48.5 Å². The molecule has 1 heterocycles. The van der Waals surface area contributed by atoms with Gasteiger partial charge in [-0.2, -0.15) is 0 Å². The number of methoxy groups -OCH3 is 1. The third kappa shape index (κ3) is 3.68. The zero-order valence-electron chi connectivity index (χ0n) is 13.8. The van der Waals surface area contributed by atoms with E-state index in [0.29, 0.717) is 17.0 Å². The number of nitrogens with zero attached hydrogens (tertiary/aromatic N) is 1. The lowest BCUT2D eigenvalue weighted by atomic mass is 9.98. The summed E-state index contributed by atoms with van der Waals surface area (Å²) in [4.78, 5) is 37.8. The highest BCUT2D eigenvalue weighted by Gasteiger charge is 2.30. The van der Waals surface area contributed by atoms with Crippen LogP contribution in [-0.4, -0.2) is 36.3 Å². The van der Waals surface area contributed by atoms with Crippen LogP contribution < -0.4 is 10.1 Å². The summed E-state index contributed by atoms with van der Waals surface area (Å²) in [7, 11) is 1.57. The van der Waals surface area contributed by atoms with E-state index < -0.39 is 0 Å². The fraction of sp³-hybridized carbons (Fsp3) is 0.211. The van der Waals surface area contributed by atoms with Crippen molar-refractivity contribution in [2.75, 3.05) is 19.0 Å². The van der Waals surface area contributed by atoms with Crippen molar-refractivity contribution in [3.05, 3.63) is 59.7 Å². The normalized spacial score (nSPS) is 13.4. The van der Waals surface area contributed by atoms with Gasteiger partial charge in [-0.25, -0.2) is 0 Å². The number of imide groups is 1. The summed E-state index contributed by atoms with van der Waals surface area (Å²) in [6.45, 7) is 0.0635. The number of carbonyl (C=O) groups excluding carboxylic acids is 3. The Morgan fingerprint density at radius 1 is 1.12 bits per heavy atom. The van der Waals surface area contributed by atoms with Crippen molar-refractivity contribution in [2.45, 2.75) is 12.8 Å². The van der Waals surface area contributed by atoms with Gasteiger partial charge in [-0.1, -0.05) is 18.2 Å². The molecule has 2 aromatic carbocycles. The average Bonchev–Trinajstić information content (AvgIpc) is 2.62. The minimum atomic E-state index is -0.343. The number of rotatable bonds is 5. The van der Waals surface area contributed by atoms with Crippen LogP contribution in [0.5, 0.6) is 5.75 Å². The van der Waals surface area contributed by atoms with Crippen LogP contribution >= 0.6 is 0 Å². The van der Waals surface area contributed by atoms with E-state index in [2.05, 4.69) is 5.32 Å². The van der Waals surface area contributed by atoms with Gasteiger partial charge in [-0.15, -0.1) is 0 Å². The summed E-state index contributed by atoms with van der Waals surface area (Å²) in [6, 6.07) is 14.0. The van der Waals surface area contributed by atoms with Crippen LogP contribution in [0.4, 0.5) is 5.69 Å². The topological polar surface area (TPSA) is 75.7 Å². The van der Waals surface area contributed by atoms with E-state index in [1.165, 1.54) is 0 Å². The molecule has 1 aliphatic heterocycles. The maximum atomic E-state index is 12.4. The largest absolute Gasteiger partial charge is 0.497 e. The van der Waals surface area contributed by atoms with Gasteiger partial charge in [0, 0.05) is 24.2 Å². The molecule has 128 valence electrons. The fourth-order valence-corrected chi connectivity index (χ4v) is 2.74. The van der Waals surface area contributed by atoms with Crippen LogP contribution in [0.1, 0.15) is 22.3 Å². The van der Waals surface area contributed by atoms with Gasteiger partial charge >= 0.3 is 0 Å². The molecule has 6 nitrogen and oxygen atoms in total. The van der Waals surface area contributed by atoms with E-state index >= 15 is 0 Å². The van der Waals surface area contributed by atoms with Gasteiger partial charge in [-0.3, -0.25) is 19.3 Å². The number of hydrogen-bond acceptors (Lipinski definition) is 4. The van der Waals surface area contributed by atoms with Gasteiger partial charge in [0.1, 0.15) is 5.75 Å². The van der Waals surface area contributed by atoms with Crippen molar-refractivity contribution >= 4 is 23.4 Å². The number of benzene rings is 2. The summed E-state index contributed by atoms with van der Waals surface area (Å²) in [6.07, 6.45) is 0.230. The number of hydrogen-bond donors (Lipinski definition) is 1. The Bertz CT molecular complexity index is 814. The molecule has 25 heavy (non-hydrogen) atoms. The third-order valence-electron chi connectivity index (χ3n) is 4.07. The minimum absolute atomic E-state index is 0.0473. The smallest absolute Gasteiger partial charge is 0.260 e. The lowest BCUT2D eigenvalue weighted by Gasteiger charge is -2.26. The highest BCUT2D eigenvalue weighted by atomic mass is 16.5. The van der Waals surface area contributed by atoms with Gasteiger partial charge in [0.15, 0.2) is 0 Å². The van der Waals surface area contributed by atoms with Crippen LogP contribution in [0.2, 0.25) is 0 Å². The molecule has 1 aliphatic rings. The van der Waals surface area contributed by atoms with Crippen LogP contribution in [-0.2, 0) is 16.0 Å². The molecule has 0 aliphatic carbocycles. The maximum Gasteiger partial charge on any atom is 0.260 e. The molecule has 2 aromatic rings. The Kier molecular flexibility index (Phi) is 4.79. The van der Waals surface area contributed by atoms with Crippen molar-refractivity contribution in [1.82, 2.24) is 4.90 Å². The van der Waals surface area contributed by atoms with E-state index in [9.17, 15) is 14.4 Å². The molecule has 0 aromatic heterocycles. The van der Waals surface area contributed by atoms with Gasteiger partial charge in [0.25, 0.3) is 5.91 Å². The Balaban J connectivity index is 1.60. The summed E-state index contributed by atoms with van der Waals surface area (Å²) in [5.74, 6) is -0.184. The third-order valence-corrected chi connectivity index (χ3v) is 4.07. The number of nitrogens with one attached hydrogen (secondary N) is 1. The Morgan fingerprint density at radius 2 is 1.84 bits per heavy atom. The number of ether oxygens (including phenoxy) is 1. The predicted molar refractivity (Wildman–Crippen MR) is 92.4 cm³/mol. The van der Waals surface area contributed by atoms with Crippen LogP contribution in [0.25, 0.3) is 0 Å². The van der Waals surface area contributed by atoms with Gasteiger partial charge in [0.05, 0.1) is 13.5 Å². The van der Waals surface area contributed by atoms with Gasteiger partial charge in [-0.05, 0) is 35.9 Å². The molecule has 0 atom stereocenters. The molecule has 0 bridgehead atoms. The quantitative estimate of drug-likeness (QED) is 0.849. The summed E-state index contributed by atoms with van der Waals surface area (Å²) < 4.78 is 5.06. The van der Waals surface area contributed by atoms with Crippen LogP contribution in [0, 0.1) is 0 Å². The molecule has 0 unspecified atom stereocenters. The van der Waals surface area contributed by atoms with E-state index in [0.717, 1.165) is 10.5 Å². The van der Waals surface area contributed by atoms with Crippen molar-refractivity contribution in [2.24, 2.45) is 0 Å². The maximum absolute atomic E-state index is 12.4. The zero-order chi connectivity index (χ0) is 17.8. The summed E-state index contributed by atoms with van der Waals surface area (Å²) in [5, 5.41) is 2.74. The SMILES string of the molecule is COc1ccc(NC(=O)CCN2C(=O)Cc3ccccc3C2=O)cc1. The number of fused-ring (bicyclic) bond motifs is 1. The van der Waals surface area contributed by atoms with Crippen molar-refractivity contribution < 1.29 is 19.1 Å². The van der Waals surface area contributed by atoms with Gasteiger partial charge in [0.2, 0.25) is 11.8 Å². The molecule has 0 spiro atoms. The van der Waals surface area contributed by atoms with Crippen molar-refractivity contribution in [3.63, 3.8) is 0 Å². The summed E-state index contributed by atoms with van der Waals surface area (Å²) >= 11 is 0. The van der Waals surface area contributed by atoms with E-state index in [-0.39, 0.29) is 37.1 Å². The van der Waals surface area contributed by atoms with E-state index in [1.807, 2.05) is 0 Å². The first-order valence-electron chi connectivity index (χ1n) is 7.95. The first kappa shape index (κ1) is 16.7. The zero-order valence-corrected chi connectivity index (χ0v) is 13.8. The molecule has 3 amide bonds. The van der Waals surface area contributed by atoms with E-state index in [4.69, 9.17) is 4.74 Å². The average molecular weight is 338 g/mol. The molecular formula is C19H18N2O4. The first-order chi connectivity index (χ1) is 12.1. The second-order valence-corrected chi connectivity index (χ2v) is 5.71. The molecule has 1 N–H and O–H groups in total. The highest BCUT2D eigenvalue weighted by molar-refractivity contribution is 6.10. The van der Waals surface area contributed by atoms with Crippen LogP contribution in [0.3, 0.4) is 0 Å². The Labute approximate surface area is 145 Å². The lowest BCUT2D eigenvalue weighted by molar-refractivity contribution is -0.128. The highest BCUT2D eigenvalue weighted by Crippen LogP contribution is 2.20. The molecular weight excluding hydrogens is 320 g/mol. The second-order valence-electron chi connectivity index (χ2n) is 5.71. The Hall–Kier alpha value is -3.15. The fourth-order valence-electron chi connectivity index (χ4n) is 2.74. The number of carbonyl (C=O) groups is 3. The molecule has 0 saturated heterocycles. The van der Waals surface area contributed by atoms with Gasteiger partial charge < -0.3 is 10.1 Å². The second kappa shape index (κ2) is 7.17. The molecule has 0 fully saturated rings. The molecule has 0 saturated carbocycles. The molecule has 0 radical (unpaired) electrons. The minimum Gasteiger partial charge on any atom is -0.497 e. The summed E-state index contributed by atoms with van der Waals surface area (Å²) in [5.41, 5.74) is 1.89. The lowest BCUT2D eigenvalue weighted by Crippen LogP contribution is -2.43. The van der Waals surface area contributed by atoms with E-state index in [1.54, 1.807) is 55.6 Å². The predicted octanol–water partition coefficient (Wildman–Crippen LogP) is 2.25.